The van der Waals surface area contributed by atoms with Crippen LogP contribution in [0.15, 0.2) is 24.3 Å². The number of carbonyl (C=O) groups is 1. The summed E-state index contributed by atoms with van der Waals surface area (Å²) in [5.74, 6) is 0.473. The van der Waals surface area contributed by atoms with E-state index < -0.39 is 0 Å². The highest BCUT2D eigenvalue weighted by Gasteiger charge is 2.16. The third-order valence-corrected chi connectivity index (χ3v) is 3.13. The Morgan fingerprint density at radius 1 is 1.45 bits per heavy atom. The summed E-state index contributed by atoms with van der Waals surface area (Å²) in [6.07, 6.45) is 2.58. The molecule has 1 aliphatic heterocycles. The minimum absolute atomic E-state index is 0.00961. The lowest BCUT2D eigenvalue weighted by molar-refractivity contribution is -0.123. The molecule has 2 rings (SSSR count). The van der Waals surface area contributed by atoms with Crippen molar-refractivity contribution in [3.8, 4) is 11.8 Å². The summed E-state index contributed by atoms with van der Waals surface area (Å²) in [5, 5.41) is 11.4. The molecule has 5 heteroatoms. The van der Waals surface area contributed by atoms with Gasteiger partial charge in [-0.25, -0.2) is 0 Å². The third-order valence-electron chi connectivity index (χ3n) is 3.13. The molecule has 0 radical (unpaired) electrons. The number of nitrogens with zero attached hydrogens (tertiary/aromatic N) is 1. The highest BCUT2D eigenvalue weighted by Crippen LogP contribution is 2.12. The van der Waals surface area contributed by atoms with Gasteiger partial charge in [0.05, 0.1) is 18.6 Å². The van der Waals surface area contributed by atoms with Crippen LogP contribution in [-0.4, -0.2) is 31.8 Å². The quantitative estimate of drug-likeness (QED) is 0.851. The van der Waals surface area contributed by atoms with Crippen LogP contribution >= 0.6 is 0 Å². The molecule has 1 atom stereocenters. The van der Waals surface area contributed by atoms with Crippen molar-refractivity contribution in [2.45, 2.75) is 25.4 Å². The van der Waals surface area contributed by atoms with Crippen molar-refractivity contribution in [2.24, 2.45) is 0 Å². The molecule has 5 nitrogen and oxygen atoms in total. The number of benzene rings is 1. The Kier molecular flexibility index (Phi) is 5.39. The normalized spacial score (nSPS) is 17.4. The Morgan fingerprint density at radius 3 is 2.90 bits per heavy atom. The van der Waals surface area contributed by atoms with Gasteiger partial charge in [0.25, 0.3) is 5.91 Å². The van der Waals surface area contributed by atoms with E-state index in [1.807, 2.05) is 12.1 Å². The minimum Gasteiger partial charge on any atom is -0.484 e. The van der Waals surface area contributed by atoms with E-state index in [2.05, 4.69) is 11.4 Å². The van der Waals surface area contributed by atoms with Crippen molar-refractivity contribution in [3.63, 3.8) is 0 Å². The maximum Gasteiger partial charge on any atom is 0.258 e. The van der Waals surface area contributed by atoms with E-state index in [-0.39, 0.29) is 18.6 Å². The number of nitriles is 1. The smallest absolute Gasteiger partial charge is 0.258 e. The van der Waals surface area contributed by atoms with Gasteiger partial charge in [-0.2, -0.15) is 5.26 Å². The van der Waals surface area contributed by atoms with Crippen LogP contribution in [0.2, 0.25) is 0 Å². The van der Waals surface area contributed by atoms with E-state index in [1.165, 1.54) is 0 Å². The molecule has 0 saturated carbocycles. The summed E-state index contributed by atoms with van der Waals surface area (Å²) in [6.45, 7) is 1.32. The van der Waals surface area contributed by atoms with Crippen LogP contribution < -0.4 is 10.1 Å². The van der Waals surface area contributed by atoms with Gasteiger partial charge in [0.15, 0.2) is 6.61 Å². The fraction of sp³-hybridized carbons (Fsp3) is 0.467. The first-order chi connectivity index (χ1) is 9.78. The average molecular weight is 274 g/mol. The maximum atomic E-state index is 11.6. The van der Waals surface area contributed by atoms with Crippen LogP contribution in [0.5, 0.6) is 5.75 Å². The highest BCUT2D eigenvalue weighted by atomic mass is 16.5. The summed E-state index contributed by atoms with van der Waals surface area (Å²) >= 11 is 0. The number of hydrogen-bond donors (Lipinski definition) is 1. The van der Waals surface area contributed by atoms with Gasteiger partial charge in [0.1, 0.15) is 5.75 Å². The van der Waals surface area contributed by atoms with Crippen LogP contribution in [0, 0.1) is 11.3 Å². The molecule has 1 aromatic rings. The summed E-state index contributed by atoms with van der Waals surface area (Å²) < 4.78 is 10.8. The zero-order valence-corrected chi connectivity index (χ0v) is 11.3. The Balaban J connectivity index is 1.68. The summed E-state index contributed by atoms with van der Waals surface area (Å²) in [5.41, 5.74) is 0.933. The lowest BCUT2D eigenvalue weighted by atomic mass is 10.2. The number of nitrogens with one attached hydrogen (secondary N) is 1. The Hall–Kier alpha value is -2.06. The molecule has 0 bridgehead atoms. The van der Waals surface area contributed by atoms with Crippen LogP contribution in [-0.2, 0) is 16.0 Å². The predicted molar refractivity (Wildman–Crippen MR) is 73.2 cm³/mol. The molecule has 0 spiro atoms. The molecule has 1 saturated heterocycles. The van der Waals surface area contributed by atoms with Gasteiger partial charge in [-0.05, 0) is 30.5 Å². The Labute approximate surface area is 118 Å². The molecule has 1 fully saturated rings. The van der Waals surface area contributed by atoms with Crippen molar-refractivity contribution in [1.29, 1.82) is 5.26 Å². The first-order valence-corrected chi connectivity index (χ1v) is 6.75. The van der Waals surface area contributed by atoms with Crippen molar-refractivity contribution in [1.82, 2.24) is 5.32 Å². The number of amides is 1. The van der Waals surface area contributed by atoms with E-state index in [0.29, 0.717) is 18.7 Å². The molecular weight excluding hydrogens is 256 g/mol. The average Bonchev–Trinajstić information content (AvgIpc) is 2.98. The molecular formula is C15H18N2O3. The summed E-state index contributed by atoms with van der Waals surface area (Å²) in [7, 11) is 0. The molecule has 1 aromatic carbocycles. The zero-order valence-electron chi connectivity index (χ0n) is 11.3. The van der Waals surface area contributed by atoms with Crippen LogP contribution in [0.3, 0.4) is 0 Å². The topological polar surface area (TPSA) is 71.3 Å². The lowest BCUT2D eigenvalue weighted by Gasteiger charge is -2.11. The summed E-state index contributed by atoms with van der Waals surface area (Å²) in [4.78, 5) is 11.6. The van der Waals surface area contributed by atoms with E-state index >= 15 is 0 Å². The van der Waals surface area contributed by atoms with Gasteiger partial charge >= 0.3 is 0 Å². The van der Waals surface area contributed by atoms with Crippen molar-refractivity contribution >= 4 is 5.91 Å². The van der Waals surface area contributed by atoms with Gasteiger partial charge in [0.2, 0.25) is 0 Å². The van der Waals surface area contributed by atoms with E-state index in [9.17, 15) is 4.79 Å². The van der Waals surface area contributed by atoms with Crippen molar-refractivity contribution < 1.29 is 14.3 Å². The number of ether oxygens (including phenoxy) is 2. The number of carbonyl (C=O) groups excluding carboxylic acids is 1. The molecule has 1 N–H and O–H groups in total. The third kappa shape index (κ3) is 4.56. The molecule has 20 heavy (non-hydrogen) atoms. The molecule has 106 valence electrons. The number of hydrogen-bond acceptors (Lipinski definition) is 4. The maximum absolute atomic E-state index is 11.6. The van der Waals surface area contributed by atoms with E-state index in [1.54, 1.807) is 12.1 Å². The van der Waals surface area contributed by atoms with E-state index in [4.69, 9.17) is 14.7 Å². The molecule has 1 heterocycles. The van der Waals surface area contributed by atoms with Crippen LogP contribution in [0.1, 0.15) is 18.4 Å². The molecule has 1 amide bonds. The fourth-order valence-electron chi connectivity index (χ4n) is 2.03. The highest BCUT2D eigenvalue weighted by molar-refractivity contribution is 5.77. The van der Waals surface area contributed by atoms with Gasteiger partial charge in [-0.15, -0.1) is 0 Å². The largest absolute Gasteiger partial charge is 0.484 e. The first-order valence-electron chi connectivity index (χ1n) is 6.75. The van der Waals surface area contributed by atoms with Crippen molar-refractivity contribution in [2.75, 3.05) is 19.8 Å². The molecule has 1 aliphatic rings. The van der Waals surface area contributed by atoms with Gasteiger partial charge in [-0.3, -0.25) is 4.79 Å². The second-order valence-electron chi connectivity index (χ2n) is 4.71. The fourth-order valence-corrected chi connectivity index (χ4v) is 2.03. The predicted octanol–water partition coefficient (Wildman–Crippen LogP) is 1.43. The van der Waals surface area contributed by atoms with Crippen molar-refractivity contribution in [3.05, 3.63) is 29.8 Å². The molecule has 0 aromatic heterocycles. The molecule has 1 unspecified atom stereocenters. The standard InChI is InChI=1S/C15H18N2O3/c16-8-7-12-3-5-13(6-4-12)20-11-15(18)17-10-14-2-1-9-19-14/h3-6,14H,1-2,7,9-11H2,(H,17,18). The monoisotopic (exact) mass is 274 g/mol. The first kappa shape index (κ1) is 14.4. The minimum atomic E-state index is -0.151. The van der Waals surface area contributed by atoms with Crippen LogP contribution in [0.25, 0.3) is 0 Å². The van der Waals surface area contributed by atoms with Gasteiger partial charge in [0, 0.05) is 13.2 Å². The Morgan fingerprint density at radius 2 is 2.25 bits per heavy atom. The van der Waals surface area contributed by atoms with Gasteiger partial charge < -0.3 is 14.8 Å². The molecule has 0 aliphatic carbocycles. The Bertz CT molecular complexity index is 473. The van der Waals surface area contributed by atoms with Gasteiger partial charge in [-0.1, -0.05) is 12.1 Å². The summed E-state index contributed by atoms with van der Waals surface area (Å²) in [6, 6.07) is 9.25. The second-order valence-corrected chi connectivity index (χ2v) is 4.71. The SMILES string of the molecule is N#CCc1ccc(OCC(=O)NCC2CCCO2)cc1. The zero-order chi connectivity index (χ0) is 14.2. The number of rotatable bonds is 6. The lowest BCUT2D eigenvalue weighted by Crippen LogP contribution is -2.35. The second kappa shape index (κ2) is 7.51. The van der Waals surface area contributed by atoms with E-state index in [0.717, 1.165) is 25.0 Å². The van der Waals surface area contributed by atoms with Crippen LogP contribution in [0.4, 0.5) is 0 Å².